The van der Waals surface area contributed by atoms with Crippen molar-refractivity contribution in [2.24, 2.45) is 0 Å². The maximum Gasteiger partial charge on any atom is 0.119 e. The molecule has 1 unspecified atom stereocenters. The van der Waals surface area contributed by atoms with Gasteiger partial charge in [0.25, 0.3) is 0 Å². The van der Waals surface area contributed by atoms with Gasteiger partial charge in [0.1, 0.15) is 12.4 Å². The van der Waals surface area contributed by atoms with E-state index in [2.05, 4.69) is 41.4 Å². The smallest absolute Gasteiger partial charge is 0.119 e. The molecule has 1 aliphatic heterocycles. The van der Waals surface area contributed by atoms with Crippen molar-refractivity contribution in [3.63, 3.8) is 0 Å². The molecule has 1 heterocycles. The average Bonchev–Trinajstić information content (AvgIpc) is 2.50. The molecule has 0 spiro atoms. The Kier molecular flexibility index (Phi) is 6.30. The minimum atomic E-state index is 0.503. The number of nitrogens with one attached hydrogen (secondary N) is 1. The summed E-state index contributed by atoms with van der Waals surface area (Å²) in [7, 11) is 1.99. The molecule has 0 aliphatic carbocycles. The summed E-state index contributed by atoms with van der Waals surface area (Å²) < 4.78 is 11.1. The average molecular weight is 278 g/mol. The van der Waals surface area contributed by atoms with Crippen molar-refractivity contribution in [3.05, 3.63) is 29.8 Å². The summed E-state index contributed by atoms with van der Waals surface area (Å²) in [4.78, 5) is 2.38. The third kappa shape index (κ3) is 5.12. The first-order valence-corrected chi connectivity index (χ1v) is 7.47. The van der Waals surface area contributed by atoms with Crippen molar-refractivity contribution >= 4 is 0 Å². The first-order valence-electron chi connectivity index (χ1n) is 7.47. The molecule has 1 aromatic rings. The van der Waals surface area contributed by atoms with Crippen molar-refractivity contribution in [2.45, 2.75) is 19.4 Å². The molecule has 0 bridgehead atoms. The number of ether oxygens (including phenoxy) is 2. The Labute approximate surface area is 122 Å². The van der Waals surface area contributed by atoms with E-state index in [-0.39, 0.29) is 0 Å². The van der Waals surface area contributed by atoms with E-state index in [0.29, 0.717) is 6.04 Å². The molecule has 0 aromatic heterocycles. The molecule has 1 atom stereocenters. The van der Waals surface area contributed by atoms with Gasteiger partial charge in [-0.25, -0.2) is 0 Å². The minimum Gasteiger partial charge on any atom is -0.492 e. The summed E-state index contributed by atoms with van der Waals surface area (Å²) in [5, 5.41) is 3.25. The van der Waals surface area contributed by atoms with Crippen molar-refractivity contribution in [2.75, 3.05) is 46.5 Å². The van der Waals surface area contributed by atoms with Crippen LogP contribution < -0.4 is 10.1 Å². The van der Waals surface area contributed by atoms with E-state index in [4.69, 9.17) is 9.47 Å². The molecular weight excluding hydrogens is 252 g/mol. The van der Waals surface area contributed by atoms with Gasteiger partial charge >= 0.3 is 0 Å². The first kappa shape index (κ1) is 15.3. The fraction of sp³-hybridized carbons (Fsp3) is 0.625. The second-order valence-corrected chi connectivity index (χ2v) is 5.34. The van der Waals surface area contributed by atoms with Gasteiger partial charge in [-0.1, -0.05) is 12.1 Å². The van der Waals surface area contributed by atoms with E-state index in [0.717, 1.165) is 51.6 Å². The van der Waals surface area contributed by atoms with Crippen LogP contribution in [-0.2, 0) is 11.2 Å². The number of rotatable bonds is 7. The van der Waals surface area contributed by atoms with E-state index >= 15 is 0 Å². The van der Waals surface area contributed by atoms with Gasteiger partial charge in [0.2, 0.25) is 0 Å². The van der Waals surface area contributed by atoms with Crippen LogP contribution in [0.15, 0.2) is 24.3 Å². The minimum absolute atomic E-state index is 0.503. The van der Waals surface area contributed by atoms with Crippen LogP contribution in [0, 0.1) is 0 Å². The Bertz CT molecular complexity index is 375. The topological polar surface area (TPSA) is 33.7 Å². The highest BCUT2D eigenvalue weighted by Gasteiger charge is 2.09. The van der Waals surface area contributed by atoms with Gasteiger partial charge in [0.05, 0.1) is 13.2 Å². The molecule has 2 rings (SSSR count). The maximum atomic E-state index is 5.80. The molecule has 4 nitrogen and oxygen atoms in total. The Morgan fingerprint density at radius 2 is 1.95 bits per heavy atom. The number of hydrogen-bond acceptors (Lipinski definition) is 4. The van der Waals surface area contributed by atoms with Gasteiger partial charge in [-0.3, -0.25) is 4.90 Å². The molecule has 0 amide bonds. The highest BCUT2D eigenvalue weighted by Crippen LogP contribution is 2.13. The van der Waals surface area contributed by atoms with E-state index in [1.165, 1.54) is 5.56 Å². The second-order valence-electron chi connectivity index (χ2n) is 5.34. The van der Waals surface area contributed by atoms with Gasteiger partial charge < -0.3 is 14.8 Å². The summed E-state index contributed by atoms with van der Waals surface area (Å²) in [5.74, 6) is 0.958. The van der Waals surface area contributed by atoms with Crippen molar-refractivity contribution in [1.82, 2.24) is 10.2 Å². The molecular formula is C16H26N2O2. The Morgan fingerprint density at radius 3 is 2.60 bits per heavy atom. The Hall–Kier alpha value is -1.10. The summed E-state index contributed by atoms with van der Waals surface area (Å²) in [5.41, 5.74) is 1.34. The van der Waals surface area contributed by atoms with Crippen LogP contribution in [0.25, 0.3) is 0 Å². The molecule has 4 heteroatoms. The standard InChI is InChI=1S/C16H26N2O2/c1-14(17-2)13-15-3-5-16(6-4-15)20-12-9-18-7-10-19-11-8-18/h3-6,14,17H,7-13H2,1-2H3. The third-order valence-electron chi connectivity index (χ3n) is 3.74. The summed E-state index contributed by atoms with van der Waals surface area (Å²) in [6.45, 7) is 7.63. The van der Waals surface area contributed by atoms with Crippen LogP contribution in [0.2, 0.25) is 0 Å². The predicted molar refractivity (Wildman–Crippen MR) is 81.4 cm³/mol. The lowest BCUT2D eigenvalue weighted by Gasteiger charge is -2.26. The van der Waals surface area contributed by atoms with Gasteiger partial charge in [0, 0.05) is 25.7 Å². The fourth-order valence-corrected chi connectivity index (χ4v) is 2.29. The first-order chi connectivity index (χ1) is 9.78. The molecule has 20 heavy (non-hydrogen) atoms. The lowest BCUT2D eigenvalue weighted by molar-refractivity contribution is 0.0322. The van der Waals surface area contributed by atoms with Gasteiger partial charge in [0.15, 0.2) is 0 Å². The van der Waals surface area contributed by atoms with Crippen LogP contribution >= 0.6 is 0 Å². The van der Waals surface area contributed by atoms with Crippen LogP contribution in [0.4, 0.5) is 0 Å². The van der Waals surface area contributed by atoms with Crippen LogP contribution in [0.5, 0.6) is 5.75 Å². The van der Waals surface area contributed by atoms with E-state index in [1.54, 1.807) is 0 Å². The number of benzene rings is 1. The lowest BCUT2D eigenvalue weighted by Crippen LogP contribution is -2.38. The Balaban J connectivity index is 1.70. The summed E-state index contributed by atoms with van der Waals surface area (Å²) in [6, 6.07) is 8.94. The molecule has 0 radical (unpaired) electrons. The zero-order chi connectivity index (χ0) is 14.2. The Morgan fingerprint density at radius 1 is 1.25 bits per heavy atom. The van der Waals surface area contributed by atoms with Crippen molar-refractivity contribution in [1.29, 1.82) is 0 Å². The lowest BCUT2D eigenvalue weighted by atomic mass is 10.1. The molecule has 1 aromatic carbocycles. The predicted octanol–water partition coefficient (Wildman–Crippen LogP) is 1.55. The molecule has 1 fully saturated rings. The zero-order valence-corrected chi connectivity index (χ0v) is 12.6. The van der Waals surface area contributed by atoms with Gasteiger partial charge in [-0.15, -0.1) is 0 Å². The monoisotopic (exact) mass is 278 g/mol. The SMILES string of the molecule is CNC(C)Cc1ccc(OCCN2CCOCC2)cc1. The maximum absolute atomic E-state index is 5.80. The summed E-state index contributed by atoms with van der Waals surface area (Å²) in [6.07, 6.45) is 1.05. The van der Waals surface area contributed by atoms with Crippen molar-refractivity contribution < 1.29 is 9.47 Å². The normalized spacial score (nSPS) is 17.9. The van der Waals surface area contributed by atoms with Crippen LogP contribution in [0.1, 0.15) is 12.5 Å². The van der Waals surface area contributed by atoms with Gasteiger partial charge in [-0.05, 0) is 38.1 Å². The second kappa shape index (κ2) is 8.25. The van der Waals surface area contributed by atoms with E-state index < -0.39 is 0 Å². The van der Waals surface area contributed by atoms with Crippen LogP contribution in [0.3, 0.4) is 0 Å². The number of nitrogens with zero attached hydrogens (tertiary/aromatic N) is 1. The zero-order valence-electron chi connectivity index (χ0n) is 12.6. The van der Waals surface area contributed by atoms with Gasteiger partial charge in [-0.2, -0.15) is 0 Å². The highest BCUT2D eigenvalue weighted by molar-refractivity contribution is 5.27. The number of likely N-dealkylation sites (N-methyl/N-ethyl adjacent to an activating group) is 1. The molecule has 1 saturated heterocycles. The fourth-order valence-electron chi connectivity index (χ4n) is 2.29. The number of morpholine rings is 1. The largest absolute Gasteiger partial charge is 0.492 e. The molecule has 1 N–H and O–H groups in total. The third-order valence-corrected chi connectivity index (χ3v) is 3.74. The quantitative estimate of drug-likeness (QED) is 0.820. The van der Waals surface area contributed by atoms with Crippen molar-refractivity contribution in [3.8, 4) is 5.75 Å². The number of hydrogen-bond donors (Lipinski definition) is 1. The van der Waals surface area contributed by atoms with E-state index in [1.807, 2.05) is 7.05 Å². The molecule has 1 aliphatic rings. The van der Waals surface area contributed by atoms with E-state index in [9.17, 15) is 0 Å². The highest BCUT2D eigenvalue weighted by atomic mass is 16.5. The van der Waals surface area contributed by atoms with Crippen LogP contribution in [-0.4, -0.2) is 57.4 Å². The molecule has 112 valence electrons. The summed E-state index contributed by atoms with van der Waals surface area (Å²) >= 11 is 0. The molecule has 0 saturated carbocycles.